The van der Waals surface area contributed by atoms with Crippen molar-refractivity contribution in [2.24, 2.45) is 0 Å². The highest BCUT2D eigenvalue weighted by atomic mass is 19.4. The van der Waals surface area contributed by atoms with Crippen molar-refractivity contribution in [2.75, 3.05) is 7.05 Å². The minimum Gasteiger partial charge on any atom is -0.313 e. The van der Waals surface area contributed by atoms with Gasteiger partial charge in [-0.3, -0.25) is 0 Å². The van der Waals surface area contributed by atoms with Crippen molar-refractivity contribution >= 4 is 10.8 Å². The fourth-order valence-electron chi connectivity index (χ4n) is 3.17. The van der Waals surface area contributed by atoms with E-state index >= 15 is 0 Å². The molecule has 3 rings (SSSR count). The van der Waals surface area contributed by atoms with Crippen LogP contribution in [0.2, 0.25) is 0 Å². The summed E-state index contributed by atoms with van der Waals surface area (Å²) in [6.45, 7) is 0. The Labute approximate surface area is 115 Å². The minimum absolute atomic E-state index is 0.695. The zero-order chi connectivity index (χ0) is 14.3. The third-order valence-electron chi connectivity index (χ3n) is 4.07. The summed E-state index contributed by atoms with van der Waals surface area (Å²) < 4.78 is 38.1. The Morgan fingerprint density at radius 1 is 1.10 bits per heavy atom. The number of halogens is 3. The standard InChI is InChI=1S/C16H16F3N/c1-20-14(9-16(17,18)19)12-8-7-11-6-5-10-3-2-4-13(12)15(10)11/h2-4,7-8,14,20H,5-6,9H2,1H3. The van der Waals surface area contributed by atoms with Gasteiger partial charge in [0, 0.05) is 6.04 Å². The highest BCUT2D eigenvalue weighted by molar-refractivity contribution is 5.93. The smallest absolute Gasteiger partial charge is 0.313 e. The number of aryl methyl sites for hydroxylation is 2. The Balaban J connectivity index is 2.12. The van der Waals surface area contributed by atoms with Gasteiger partial charge in [-0.05, 0) is 47.4 Å². The molecule has 1 atom stereocenters. The van der Waals surface area contributed by atoms with Crippen LogP contribution in [0.1, 0.15) is 29.2 Å². The van der Waals surface area contributed by atoms with E-state index in [1.807, 2.05) is 24.3 Å². The lowest BCUT2D eigenvalue weighted by atomic mass is 9.94. The fraction of sp³-hybridized carbons (Fsp3) is 0.375. The zero-order valence-electron chi connectivity index (χ0n) is 11.2. The number of alkyl halides is 3. The van der Waals surface area contributed by atoms with Crippen molar-refractivity contribution < 1.29 is 13.2 Å². The van der Waals surface area contributed by atoms with E-state index in [-0.39, 0.29) is 0 Å². The van der Waals surface area contributed by atoms with Crippen molar-refractivity contribution in [3.05, 3.63) is 47.0 Å². The summed E-state index contributed by atoms with van der Waals surface area (Å²) in [5.41, 5.74) is 3.25. The molecule has 20 heavy (non-hydrogen) atoms. The number of rotatable bonds is 3. The van der Waals surface area contributed by atoms with Gasteiger partial charge in [0.05, 0.1) is 6.42 Å². The van der Waals surface area contributed by atoms with E-state index in [0.29, 0.717) is 0 Å². The fourth-order valence-corrected chi connectivity index (χ4v) is 3.17. The Hall–Kier alpha value is -1.55. The SMILES string of the molecule is CNC(CC(F)(F)F)c1ccc2c3c(cccc13)CC2. The lowest BCUT2D eigenvalue weighted by molar-refractivity contribution is -0.140. The molecule has 2 aromatic rings. The van der Waals surface area contributed by atoms with Crippen LogP contribution in [0.5, 0.6) is 0 Å². The highest BCUT2D eigenvalue weighted by Gasteiger charge is 2.33. The maximum atomic E-state index is 12.7. The van der Waals surface area contributed by atoms with E-state index in [9.17, 15) is 13.2 Å². The van der Waals surface area contributed by atoms with Gasteiger partial charge in [0.2, 0.25) is 0 Å². The van der Waals surface area contributed by atoms with E-state index in [1.165, 1.54) is 11.1 Å². The van der Waals surface area contributed by atoms with Crippen LogP contribution < -0.4 is 5.32 Å². The summed E-state index contributed by atoms with van der Waals surface area (Å²) in [5, 5.41) is 4.93. The predicted molar refractivity (Wildman–Crippen MR) is 73.8 cm³/mol. The third kappa shape index (κ3) is 2.29. The summed E-state index contributed by atoms with van der Waals surface area (Å²) in [6, 6.07) is 9.08. The van der Waals surface area contributed by atoms with E-state index in [1.54, 1.807) is 7.05 Å². The van der Waals surface area contributed by atoms with Gasteiger partial charge in [-0.2, -0.15) is 13.2 Å². The molecule has 0 saturated heterocycles. The molecule has 0 radical (unpaired) electrons. The number of nitrogens with one attached hydrogen (secondary N) is 1. The topological polar surface area (TPSA) is 12.0 Å². The first-order chi connectivity index (χ1) is 9.49. The van der Waals surface area contributed by atoms with Crippen LogP contribution in [0.3, 0.4) is 0 Å². The van der Waals surface area contributed by atoms with Crippen molar-refractivity contribution in [3.8, 4) is 0 Å². The van der Waals surface area contributed by atoms with Crippen LogP contribution in [0, 0.1) is 0 Å². The number of hydrogen-bond acceptors (Lipinski definition) is 1. The molecular weight excluding hydrogens is 263 g/mol. The number of benzene rings is 2. The van der Waals surface area contributed by atoms with Gasteiger partial charge in [0.1, 0.15) is 0 Å². The van der Waals surface area contributed by atoms with Gasteiger partial charge in [-0.15, -0.1) is 0 Å². The molecule has 0 spiro atoms. The molecule has 1 nitrogen and oxygen atoms in total. The first kappa shape index (κ1) is 13.4. The Morgan fingerprint density at radius 3 is 2.45 bits per heavy atom. The molecule has 0 amide bonds. The van der Waals surface area contributed by atoms with Gasteiger partial charge in [0.25, 0.3) is 0 Å². The molecule has 0 aliphatic heterocycles. The minimum atomic E-state index is -4.17. The van der Waals surface area contributed by atoms with Crippen LogP contribution in [0.4, 0.5) is 13.2 Å². The molecule has 0 aromatic heterocycles. The summed E-state index contributed by atoms with van der Waals surface area (Å²) in [4.78, 5) is 0. The van der Waals surface area contributed by atoms with Crippen LogP contribution in [-0.2, 0) is 12.8 Å². The van der Waals surface area contributed by atoms with Crippen molar-refractivity contribution in [1.29, 1.82) is 0 Å². The summed E-state index contributed by atoms with van der Waals surface area (Å²) in [6.07, 6.45) is -3.04. The van der Waals surface area contributed by atoms with Crippen molar-refractivity contribution in [3.63, 3.8) is 0 Å². The second-order valence-electron chi connectivity index (χ2n) is 5.31. The molecule has 2 aromatic carbocycles. The van der Waals surface area contributed by atoms with E-state index in [0.717, 1.165) is 29.2 Å². The molecular formula is C16H16F3N. The monoisotopic (exact) mass is 279 g/mol. The van der Waals surface area contributed by atoms with E-state index in [2.05, 4.69) is 11.4 Å². The lowest BCUT2D eigenvalue weighted by Crippen LogP contribution is -2.24. The zero-order valence-corrected chi connectivity index (χ0v) is 11.2. The molecule has 0 saturated carbocycles. The highest BCUT2D eigenvalue weighted by Crippen LogP contribution is 2.37. The molecule has 1 unspecified atom stereocenters. The average Bonchev–Trinajstić information content (AvgIpc) is 2.81. The molecule has 106 valence electrons. The van der Waals surface area contributed by atoms with Crippen molar-refractivity contribution in [2.45, 2.75) is 31.5 Å². The first-order valence-corrected chi connectivity index (χ1v) is 6.77. The van der Waals surface area contributed by atoms with Crippen LogP contribution in [0.25, 0.3) is 10.8 Å². The molecule has 1 aliphatic carbocycles. The van der Waals surface area contributed by atoms with Gasteiger partial charge in [-0.1, -0.05) is 30.3 Å². The summed E-state index contributed by atoms with van der Waals surface area (Å²) in [7, 11) is 1.58. The predicted octanol–water partition coefficient (Wildman–Crippen LogP) is 4.15. The Bertz CT molecular complexity index is 636. The lowest BCUT2D eigenvalue weighted by Gasteiger charge is -2.21. The van der Waals surface area contributed by atoms with Crippen LogP contribution in [-0.4, -0.2) is 13.2 Å². The molecule has 1 N–H and O–H groups in total. The summed E-state index contributed by atoms with van der Waals surface area (Å²) in [5.74, 6) is 0. The van der Waals surface area contributed by atoms with Crippen LogP contribution >= 0.6 is 0 Å². The van der Waals surface area contributed by atoms with E-state index < -0.39 is 18.6 Å². The maximum absolute atomic E-state index is 12.7. The Kier molecular flexibility index (Phi) is 3.21. The largest absolute Gasteiger partial charge is 0.390 e. The molecule has 0 bridgehead atoms. The second-order valence-corrected chi connectivity index (χ2v) is 5.31. The molecule has 0 heterocycles. The second kappa shape index (κ2) is 4.77. The normalized spacial score (nSPS) is 15.8. The molecule has 1 aliphatic rings. The van der Waals surface area contributed by atoms with Gasteiger partial charge >= 0.3 is 6.18 Å². The quantitative estimate of drug-likeness (QED) is 0.890. The summed E-state index contributed by atoms with van der Waals surface area (Å²) >= 11 is 0. The molecule has 4 heteroatoms. The molecule has 0 fully saturated rings. The third-order valence-corrected chi connectivity index (χ3v) is 4.07. The van der Waals surface area contributed by atoms with Crippen LogP contribution in [0.15, 0.2) is 30.3 Å². The van der Waals surface area contributed by atoms with Crippen molar-refractivity contribution in [1.82, 2.24) is 5.32 Å². The average molecular weight is 279 g/mol. The van der Waals surface area contributed by atoms with Gasteiger partial charge < -0.3 is 5.32 Å². The Morgan fingerprint density at radius 2 is 1.80 bits per heavy atom. The maximum Gasteiger partial charge on any atom is 0.390 e. The van der Waals surface area contributed by atoms with Gasteiger partial charge in [-0.25, -0.2) is 0 Å². The van der Waals surface area contributed by atoms with Gasteiger partial charge in [0.15, 0.2) is 0 Å². The number of hydrogen-bond donors (Lipinski definition) is 1. The first-order valence-electron chi connectivity index (χ1n) is 6.77. The van der Waals surface area contributed by atoms with E-state index in [4.69, 9.17) is 0 Å².